The number of hydrogen-bond donors (Lipinski definition) is 0. The van der Waals surface area contributed by atoms with Gasteiger partial charge in [-0.05, 0) is 40.9 Å². The molecule has 14 heavy (non-hydrogen) atoms. The number of halogens is 1. The minimum absolute atomic E-state index is 0.332. The van der Waals surface area contributed by atoms with Crippen molar-refractivity contribution in [3.8, 4) is 0 Å². The second kappa shape index (κ2) is 6.14. The number of rotatable bonds is 5. The molecule has 1 heterocycles. The number of nitrogens with zero attached hydrogens (tertiary/aromatic N) is 1. The maximum absolute atomic E-state index is 5.66. The molecule has 0 aliphatic heterocycles. The van der Waals surface area contributed by atoms with E-state index in [2.05, 4.69) is 34.8 Å². The van der Waals surface area contributed by atoms with Crippen LogP contribution in [0.1, 0.15) is 32.3 Å². The summed E-state index contributed by atoms with van der Waals surface area (Å²) in [5.41, 5.74) is 1.11. The molecule has 0 aromatic carbocycles. The van der Waals surface area contributed by atoms with Gasteiger partial charge in [0.15, 0.2) is 0 Å². The largest absolute Gasteiger partial charge is 0.374 e. The Hall–Kier alpha value is -0.410. The molecule has 0 radical (unpaired) electrons. The van der Waals surface area contributed by atoms with Gasteiger partial charge in [0.25, 0.3) is 0 Å². The first-order valence-electron chi connectivity index (χ1n) is 4.93. The molecule has 0 aliphatic carbocycles. The van der Waals surface area contributed by atoms with E-state index in [4.69, 9.17) is 4.74 Å². The lowest BCUT2D eigenvalue weighted by Gasteiger charge is -2.11. The van der Waals surface area contributed by atoms with Crippen molar-refractivity contribution >= 4 is 15.9 Å². The minimum Gasteiger partial charge on any atom is -0.374 e. The molecule has 1 atom stereocenters. The van der Waals surface area contributed by atoms with Gasteiger partial charge in [0.05, 0.1) is 12.7 Å². The maximum atomic E-state index is 5.66. The fraction of sp³-hybridized carbons (Fsp3) is 0.545. The zero-order valence-electron chi connectivity index (χ0n) is 8.66. The van der Waals surface area contributed by atoms with E-state index < -0.39 is 0 Å². The Balaban J connectivity index is 2.37. The number of pyridine rings is 1. The van der Waals surface area contributed by atoms with E-state index >= 15 is 0 Å². The number of hydrogen-bond acceptors (Lipinski definition) is 2. The van der Waals surface area contributed by atoms with Gasteiger partial charge < -0.3 is 4.74 Å². The summed E-state index contributed by atoms with van der Waals surface area (Å²) in [6.45, 7) is 4.92. The molecule has 0 aliphatic rings. The highest BCUT2D eigenvalue weighted by molar-refractivity contribution is 9.10. The van der Waals surface area contributed by atoms with Crippen molar-refractivity contribution < 1.29 is 4.74 Å². The van der Waals surface area contributed by atoms with Crippen LogP contribution in [0.2, 0.25) is 0 Å². The molecule has 1 unspecified atom stereocenters. The van der Waals surface area contributed by atoms with Crippen LogP contribution in [0.25, 0.3) is 0 Å². The molecule has 0 bridgehead atoms. The Kier molecular flexibility index (Phi) is 5.12. The Morgan fingerprint density at radius 3 is 2.93 bits per heavy atom. The van der Waals surface area contributed by atoms with Crippen molar-refractivity contribution in [3.63, 3.8) is 0 Å². The normalized spacial score (nSPS) is 12.8. The third kappa shape index (κ3) is 4.20. The SMILES string of the molecule is CCCC(C)OCc1cncc(Br)c1. The van der Waals surface area contributed by atoms with Crippen molar-refractivity contribution in [2.45, 2.75) is 39.4 Å². The van der Waals surface area contributed by atoms with Crippen LogP contribution in [0.3, 0.4) is 0 Å². The lowest BCUT2D eigenvalue weighted by molar-refractivity contribution is 0.0470. The molecule has 1 rings (SSSR count). The highest BCUT2D eigenvalue weighted by Crippen LogP contribution is 2.12. The van der Waals surface area contributed by atoms with E-state index in [0.717, 1.165) is 22.9 Å². The topological polar surface area (TPSA) is 22.1 Å². The molecule has 0 N–H and O–H groups in total. The van der Waals surface area contributed by atoms with E-state index in [1.807, 2.05) is 12.3 Å². The Morgan fingerprint density at radius 2 is 2.29 bits per heavy atom. The first-order valence-corrected chi connectivity index (χ1v) is 5.72. The summed E-state index contributed by atoms with van der Waals surface area (Å²) >= 11 is 3.38. The molecular formula is C11H16BrNO. The quantitative estimate of drug-likeness (QED) is 0.805. The molecule has 2 nitrogen and oxygen atoms in total. The first-order chi connectivity index (χ1) is 6.72. The second-order valence-corrected chi connectivity index (χ2v) is 4.34. The standard InChI is InChI=1S/C11H16BrNO/c1-3-4-9(2)14-8-10-5-11(12)7-13-6-10/h5-7,9H,3-4,8H2,1-2H3. The summed E-state index contributed by atoms with van der Waals surface area (Å²) in [6.07, 6.45) is 6.22. The van der Waals surface area contributed by atoms with Crippen LogP contribution in [-0.2, 0) is 11.3 Å². The van der Waals surface area contributed by atoms with Gasteiger partial charge >= 0.3 is 0 Å². The first kappa shape index (κ1) is 11.7. The van der Waals surface area contributed by atoms with E-state index in [1.165, 1.54) is 0 Å². The van der Waals surface area contributed by atoms with Crippen molar-refractivity contribution in [2.24, 2.45) is 0 Å². The fourth-order valence-corrected chi connectivity index (χ4v) is 1.68. The third-order valence-corrected chi connectivity index (χ3v) is 2.42. The maximum Gasteiger partial charge on any atom is 0.0735 e. The lowest BCUT2D eigenvalue weighted by atomic mass is 10.2. The van der Waals surface area contributed by atoms with Crippen LogP contribution in [0.15, 0.2) is 22.9 Å². The second-order valence-electron chi connectivity index (χ2n) is 3.42. The zero-order valence-corrected chi connectivity index (χ0v) is 10.3. The van der Waals surface area contributed by atoms with E-state index in [-0.39, 0.29) is 0 Å². The van der Waals surface area contributed by atoms with Crippen molar-refractivity contribution in [2.75, 3.05) is 0 Å². The van der Waals surface area contributed by atoms with Gasteiger partial charge in [-0.1, -0.05) is 13.3 Å². The van der Waals surface area contributed by atoms with E-state index in [0.29, 0.717) is 12.7 Å². The molecule has 0 spiro atoms. The monoisotopic (exact) mass is 257 g/mol. The van der Waals surface area contributed by atoms with Crippen LogP contribution in [-0.4, -0.2) is 11.1 Å². The Morgan fingerprint density at radius 1 is 1.50 bits per heavy atom. The lowest BCUT2D eigenvalue weighted by Crippen LogP contribution is -2.07. The van der Waals surface area contributed by atoms with Crippen LogP contribution < -0.4 is 0 Å². The fourth-order valence-electron chi connectivity index (χ4n) is 1.26. The Labute approximate surface area is 93.8 Å². The van der Waals surface area contributed by atoms with Gasteiger partial charge in [0.2, 0.25) is 0 Å². The molecule has 0 fully saturated rings. The summed E-state index contributed by atoms with van der Waals surface area (Å²) in [4.78, 5) is 4.08. The van der Waals surface area contributed by atoms with Crippen LogP contribution in [0.4, 0.5) is 0 Å². The molecule has 0 saturated carbocycles. The molecule has 0 saturated heterocycles. The number of aromatic nitrogens is 1. The average Bonchev–Trinajstić information content (AvgIpc) is 2.15. The van der Waals surface area contributed by atoms with Gasteiger partial charge in [0, 0.05) is 16.9 Å². The van der Waals surface area contributed by atoms with Crippen molar-refractivity contribution in [1.82, 2.24) is 4.98 Å². The van der Waals surface area contributed by atoms with Crippen LogP contribution in [0, 0.1) is 0 Å². The summed E-state index contributed by atoms with van der Waals surface area (Å²) in [5, 5.41) is 0. The molecule has 1 aromatic heterocycles. The van der Waals surface area contributed by atoms with Crippen molar-refractivity contribution in [1.29, 1.82) is 0 Å². The minimum atomic E-state index is 0.332. The summed E-state index contributed by atoms with van der Waals surface area (Å²) in [6, 6.07) is 2.03. The summed E-state index contributed by atoms with van der Waals surface area (Å²) in [7, 11) is 0. The van der Waals surface area contributed by atoms with Crippen LogP contribution >= 0.6 is 15.9 Å². The molecule has 78 valence electrons. The highest BCUT2D eigenvalue weighted by atomic mass is 79.9. The van der Waals surface area contributed by atoms with Gasteiger partial charge in [0.1, 0.15) is 0 Å². The smallest absolute Gasteiger partial charge is 0.0735 e. The molecular weight excluding hydrogens is 242 g/mol. The predicted molar refractivity (Wildman–Crippen MR) is 61.1 cm³/mol. The molecule has 0 amide bonds. The van der Waals surface area contributed by atoms with Gasteiger partial charge in [-0.3, -0.25) is 4.98 Å². The van der Waals surface area contributed by atoms with Gasteiger partial charge in [-0.25, -0.2) is 0 Å². The molecule has 3 heteroatoms. The summed E-state index contributed by atoms with van der Waals surface area (Å²) < 4.78 is 6.66. The van der Waals surface area contributed by atoms with E-state index in [1.54, 1.807) is 6.20 Å². The van der Waals surface area contributed by atoms with E-state index in [9.17, 15) is 0 Å². The average molecular weight is 258 g/mol. The highest BCUT2D eigenvalue weighted by Gasteiger charge is 2.01. The number of ether oxygens (including phenoxy) is 1. The third-order valence-electron chi connectivity index (χ3n) is 1.99. The van der Waals surface area contributed by atoms with Gasteiger partial charge in [-0.2, -0.15) is 0 Å². The summed E-state index contributed by atoms with van der Waals surface area (Å²) in [5.74, 6) is 0. The van der Waals surface area contributed by atoms with Crippen molar-refractivity contribution in [3.05, 3.63) is 28.5 Å². The molecule has 1 aromatic rings. The van der Waals surface area contributed by atoms with Gasteiger partial charge in [-0.15, -0.1) is 0 Å². The predicted octanol–water partition coefficient (Wildman–Crippen LogP) is 3.55. The zero-order chi connectivity index (χ0) is 10.4. The Bertz CT molecular complexity index is 278. The van der Waals surface area contributed by atoms with Crippen LogP contribution in [0.5, 0.6) is 0 Å².